The molecule has 0 amide bonds. The summed E-state index contributed by atoms with van der Waals surface area (Å²) < 4.78 is 5.46. The summed E-state index contributed by atoms with van der Waals surface area (Å²) in [6.45, 7) is 10.4. The molecule has 0 aromatic rings. The smallest absolute Gasteiger partial charge is 0.0622 e. The van der Waals surface area contributed by atoms with Crippen LogP contribution in [-0.4, -0.2) is 43.3 Å². The average molecular weight is 200 g/mol. The third-order valence-electron chi connectivity index (χ3n) is 3.12. The first-order valence-corrected chi connectivity index (χ1v) is 5.72. The zero-order chi connectivity index (χ0) is 10.6. The van der Waals surface area contributed by atoms with E-state index in [1.54, 1.807) is 0 Å². The van der Waals surface area contributed by atoms with Crippen LogP contribution in [0.25, 0.3) is 0 Å². The molecule has 3 heteroatoms. The third kappa shape index (κ3) is 3.23. The van der Waals surface area contributed by atoms with Crippen LogP contribution in [0.4, 0.5) is 0 Å². The number of ether oxygens (including phenoxy) is 1. The van der Waals surface area contributed by atoms with Crippen LogP contribution < -0.4 is 5.73 Å². The highest BCUT2D eigenvalue weighted by atomic mass is 16.5. The number of nitrogens with two attached hydrogens (primary N) is 1. The lowest BCUT2D eigenvalue weighted by molar-refractivity contribution is -0.0127. The number of hydrogen-bond acceptors (Lipinski definition) is 3. The van der Waals surface area contributed by atoms with Crippen molar-refractivity contribution in [3.8, 4) is 0 Å². The lowest BCUT2D eigenvalue weighted by Gasteiger charge is -2.37. The van der Waals surface area contributed by atoms with Gasteiger partial charge in [0.1, 0.15) is 0 Å². The van der Waals surface area contributed by atoms with E-state index >= 15 is 0 Å². The largest absolute Gasteiger partial charge is 0.378 e. The minimum Gasteiger partial charge on any atom is -0.378 e. The van der Waals surface area contributed by atoms with Gasteiger partial charge in [-0.25, -0.2) is 0 Å². The van der Waals surface area contributed by atoms with Crippen LogP contribution in [0, 0.1) is 5.92 Å². The summed E-state index contributed by atoms with van der Waals surface area (Å²) in [6.07, 6.45) is 1.16. The highest BCUT2D eigenvalue weighted by Crippen LogP contribution is 2.12. The molecule has 3 nitrogen and oxygen atoms in total. The number of nitrogens with zero attached hydrogens (tertiary/aromatic N) is 1. The molecule has 1 aliphatic rings. The Balaban J connectivity index is 2.40. The number of morpholine rings is 1. The van der Waals surface area contributed by atoms with E-state index in [1.165, 1.54) is 0 Å². The molecule has 1 saturated heterocycles. The van der Waals surface area contributed by atoms with E-state index in [1.807, 2.05) is 0 Å². The highest BCUT2D eigenvalue weighted by Gasteiger charge is 2.23. The molecule has 2 N–H and O–H groups in total. The maximum atomic E-state index is 6.08. The van der Waals surface area contributed by atoms with Crippen molar-refractivity contribution in [2.45, 2.75) is 39.3 Å². The molecule has 84 valence electrons. The lowest BCUT2D eigenvalue weighted by Crippen LogP contribution is -2.51. The Morgan fingerprint density at radius 3 is 2.79 bits per heavy atom. The van der Waals surface area contributed by atoms with Crippen molar-refractivity contribution < 1.29 is 4.74 Å². The average Bonchev–Trinajstić information content (AvgIpc) is 2.18. The molecule has 0 spiro atoms. The van der Waals surface area contributed by atoms with Crippen LogP contribution in [0.5, 0.6) is 0 Å². The van der Waals surface area contributed by atoms with Crippen LogP contribution in [0.1, 0.15) is 27.2 Å². The van der Waals surface area contributed by atoms with Crippen molar-refractivity contribution in [3.05, 3.63) is 0 Å². The molecule has 1 aliphatic heterocycles. The van der Waals surface area contributed by atoms with E-state index in [2.05, 4.69) is 25.7 Å². The Morgan fingerprint density at radius 2 is 2.21 bits per heavy atom. The normalized spacial score (nSPS) is 26.8. The van der Waals surface area contributed by atoms with Crippen LogP contribution in [0.3, 0.4) is 0 Å². The fourth-order valence-corrected chi connectivity index (χ4v) is 1.79. The molecule has 0 radical (unpaired) electrons. The van der Waals surface area contributed by atoms with E-state index in [9.17, 15) is 0 Å². The Morgan fingerprint density at radius 1 is 1.50 bits per heavy atom. The summed E-state index contributed by atoms with van der Waals surface area (Å²) in [7, 11) is 0. The minimum atomic E-state index is 0.294. The molecule has 2 atom stereocenters. The molecule has 0 saturated carbocycles. The summed E-state index contributed by atoms with van der Waals surface area (Å²) in [4.78, 5) is 2.48. The van der Waals surface area contributed by atoms with E-state index in [4.69, 9.17) is 10.5 Å². The first-order valence-electron chi connectivity index (χ1n) is 5.72. The predicted molar refractivity (Wildman–Crippen MR) is 59.3 cm³/mol. The Labute approximate surface area is 87.6 Å². The van der Waals surface area contributed by atoms with Gasteiger partial charge in [-0.15, -0.1) is 0 Å². The second kappa shape index (κ2) is 5.69. The van der Waals surface area contributed by atoms with Gasteiger partial charge in [0.25, 0.3) is 0 Å². The summed E-state index contributed by atoms with van der Waals surface area (Å²) in [6, 6.07) is 0.871. The quantitative estimate of drug-likeness (QED) is 0.738. The molecule has 1 rings (SSSR count). The SMILES string of the molecule is CCC1COCCN1CC(N)C(C)C. The van der Waals surface area contributed by atoms with Crippen LogP contribution >= 0.6 is 0 Å². The van der Waals surface area contributed by atoms with Gasteiger partial charge in [0.05, 0.1) is 13.2 Å². The predicted octanol–water partition coefficient (Wildman–Crippen LogP) is 1.08. The second-order valence-corrected chi connectivity index (χ2v) is 4.54. The first kappa shape index (κ1) is 12.0. The van der Waals surface area contributed by atoms with Gasteiger partial charge in [0, 0.05) is 25.2 Å². The minimum absolute atomic E-state index is 0.294. The molecular formula is C11H24N2O. The summed E-state index contributed by atoms with van der Waals surface area (Å²) in [5.41, 5.74) is 6.08. The molecule has 1 fully saturated rings. The molecular weight excluding hydrogens is 176 g/mol. The van der Waals surface area contributed by atoms with Crippen molar-refractivity contribution in [2.75, 3.05) is 26.3 Å². The van der Waals surface area contributed by atoms with Gasteiger partial charge in [0.2, 0.25) is 0 Å². The molecule has 0 aliphatic carbocycles. The van der Waals surface area contributed by atoms with Gasteiger partial charge in [-0.3, -0.25) is 4.90 Å². The van der Waals surface area contributed by atoms with Gasteiger partial charge in [-0.1, -0.05) is 20.8 Å². The fourth-order valence-electron chi connectivity index (χ4n) is 1.79. The summed E-state index contributed by atoms with van der Waals surface area (Å²) >= 11 is 0. The van der Waals surface area contributed by atoms with Crippen LogP contribution in [0.2, 0.25) is 0 Å². The van der Waals surface area contributed by atoms with Crippen molar-refractivity contribution >= 4 is 0 Å². The van der Waals surface area contributed by atoms with E-state index in [-0.39, 0.29) is 0 Å². The van der Waals surface area contributed by atoms with Gasteiger partial charge in [-0.05, 0) is 12.3 Å². The fraction of sp³-hybridized carbons (Fsp3) is 1.00. The zero-order valence-electron chi connectivity index (χ0n) is 9.70. The number of rotatable bonds is 4. The van der Waals surface area contributed by atoms with E-state index < -0.39 is 0 Å². The number of hydrogen-bond donors (Lipinski definition) is 1. The zero-order valence-corrected chi connectivity index (χ0v) is 9.70. The highest BCUT2D eigenvalue weighted by molar-refractivity contribution is 4.79. The van der Waals surface area contributed by atoms with E-state index in [0.717, 1.165) is 32.7 Å². The monoisotopic (exact) mass is 200 g/mol. The van der Waals surface area contributed by atoms with Crippen molar-refractivity contribution in [1.82, 2.24) is 4.90 Å². The standard InChI is InChI=1S/C11H24N2O/c1-4-10-8-14-6-5-13(10)7-11(12)9(2)3/h9-11H,4-8,12H2,1-3H3. The van der Waals surface area contributed by atoms with Crippen LogP contribution in [0.15, 0.2) is 0 Å². The van der Waals surface area contributed by atoms with Gasteiger partial charge < -0.3 is 10.5 Å². The van der Waals surface area contributed by atoms with Gasteiger partial charge >= 0.3 is 0 Å². The Hall–Kier alpha value is -0.120. The van der Waals surface area contributed by atoms with Crippen molar-refractivity contribution in [2.24, 2.45) is 11.7 Å². The molecule has 1 heterocycles. The van der Waals surface area contributed by atoms with Crippen molar-refractivity contribution in [1.29, 1.82) is 0 Å². The summed E-state index contributed by atoms with van der Waals surface area (Å²) in [5.74, 6) is 0.565. The Kier molecular flexibility index (Phi) is 4.85. The maximum absolute atomic E-state index is 6.08. The van der Waals surface area contributed by atoms with Crippen LogP contribution in [-0.2, 0) is 4.74 Å². The first-order chi connectivity index (χ1) is 6.65. The van der Waals surface area contributed by atoms with Crippen molar-refractivity contribution in [3.63, 3.8) is 0 Å². The van der Waals surface area contributed by atoms with Gasteiger partial charge in [-0.2, -0.15) is 0 Å². The molecule has 0 aromatic carbocycles. The summed E-state index contributed by atoms with van der Waals surface area (Å²) in [5, 5.41) is 0. The van der Waals surface area contributed by atoms with E-state index in [0.29, 0.717) is 18.0 Å². The molecule has 14 heavy (non-hydrogen) atoms. The second-order valence-electron chi connectivity index (χ2n) is 4.54. The third-order valence-corrected chi connectivity index (χ3v) is 3.12. The molecule has 0 bridgehead atoms. The lowest BCUT2D eigenvalue weighted by atomic mass is 10.0. The topological polar surface area (TPSA) is 38.5 Å². The maximum Gasteiger partial charge on any atom is 0.0622 e. The molecule has 0 aromatic heterocycles. The van der Waals surface area contributed by atoms with Gasteiger partial charge in [0.15, 0.2) is 0 Å². The molecule has 2 unspecified atom stereocenters. The Bertz CT molecular complexity index is 161.